The Morgan fingerprint density at radius 3 is 2.57 bits per heavy atom. The molecule has 0 unspecified atom stereocenters. The number of hydrogen-bond acceptors (Lipinski definition) is 3. The van der Waals surface area contributed by atoms with Gasteiger partial charge in [-0.1, -0.05) is 42.0 Å². The molecular weight excluding hydrogens is 354 g/mol. The zero-order valence-electron chi connectivity index (χ0n) is 16.2. The topological polar surface area (TPSA) is 78.5 Å². The van der Waals surface area contributed by atoms with Crippen molar-refractivity contribution >= 4 is 23.4 Å². The quantitative estimate of drug-likeness (QED) is 0.781. The molecule has 6 nitrogen and oxygen atoms in total. The highest BCUT2D eigenvalue weighted by Gasteiger charge is 2.34. The van der Waals surface area contributed by atoms with Crippen LogP contribution in [0, 0.1) is 6.92 Å². The Balaban J connectivity index is 1.60. The number of Topliss-reactive ketones (excluding diaryl/α,β-unsaturated/α-hetero) is 1. The molecular formula is C22H25N3O3. The fourth-order valence-electron chi connectivity index (χ4n) is 3.31. The SMILES string of the molecule is CC(=O)c1cccc(NC(=O)N2CCC[C@H]2C(=O)NCc2ccc(C)cc2)c1. The lowest BCUT2D eigenvalue weighted by atomic mass is 10.1. The van der Waals surface area contributed by atoms with Crippen LogP contribution in [-0.4, -0.2) is 35.2 Å². The van der Waals surface area contributed by atoms with Gasteiger partial charge in [0.05, 0.1) is 0 Å². The third-order valence-corrected chi connectivity index (χ3v) is 4.92. The van der Waals surface area contributed by atoms with Crippen LogP contribution in [0.2, 0.25) is 0 Å². The van der Waals surface area contributed by atoms with Crippen molar-refractivity contribution in [2.75, 3.05) is 11.9 Å². The van der Waals surface area contributed by atoms with Crippen molar-refractivity contribution < 1.29 is 14.4 Å². The van der Waals surface area contributed by atoms with Crippen molar-refractivity contribution in [3.8, 4) is 0 Å². The van der Waals surface area contributed by atoms with Gasteiger partial charge in [-0.2, -0.15) is 0 Å². The minimum absolute atomic E-state index is 0.0642. The summed E-state index contributed by atoms with van der Waals surface area (Å²) in [5, 5.41) is 5.73. The van der Waals surface area contributed by atoms with Crippen LogP contribution < -0.4 is 10.6 Å². The minimum Gasteiger partial charge on any atom is -0.350 e. The first-order valence-corrected chi connectivity index (χ1v) is 9.46. The van der Waals surface area contributed by atoms with Gasteiger partial charge in [0, 0.05) is 24.3 Å². The molecule has 0 aliphatic carbocycles. The fourth-order valence-corrected chi connectivity index (χ4v) is 3.31. The number of benzene rings is 2. The molecule has 0 radical (unpaired) electrons. The van der Waals surface area contributed by atoms with Crippen LogP contribution in [0.25, 0.3) is 0 Å². The maximum absolute atomic E-state index is 12.7. The number of hydrogen-bond donors (Lipinski definition) is 2. The molecule has 0 bridgehead atoms. The lowest BCUT2D eigenvalue weighted by Gasteiger charge is -2.24. The Morgan fingerprint density at radius 1 is 1.11 bits per heavy atom. The second-order valence-corrected chi connectivity index (χ2v) is 7.12. The van der Waals surface area contributed by atoms with Crippen LogP contribution in [0.3, 0.4) is 0 Å². The molecule has 1 aliphatic rings. The van der Waals surface area contributed by atoms with Gasteiger partial charge < -0.3 is 15.5 Å². The maximum atomic E-state index is 12.7. The molecule has 1 saturated heterocycles. The largest absolute Gasteiger partial charge is 0.350 e. The predicted molar refractivity (Wildman–Crippen MR) is 108 cm³/mol. The van der Waals surface area contributed by atoms with Crippen LogP contribution in [-0.2, 0) is 11.3 Å². The average molecular weight is 379 g/mol. The molecule has 6 heteroatoms. The highest BCUT2D eigenvalue weighted by atomic mass is 16.2. The van der Waals surface area contributed by atoms with Gasteiger partial charge in [-0.25, -0.2) is 4.79 Å². The summed E-state index contributed by atoms with van der Waals surface area (Å²) in [6.45, 7) is 4.46. The van der Waals surface area contributed by atoms with E-state index in [-0.39, 0.29) is 17.7 Å². The molecule has 3 rings (SSSR count). The van der Waals surface area contributed by atoms with Crippen LogP contribution in [0.4, 0.5) is 10.5 Å². The van der Waals surface area contributed by atoms with Gasteiger partial charge in [-0.3, -0.25) is 9.59 Å². The fraction of sp³-hybridized carbons (Fsp3) is 0.318. The highest BCUT2D eigenvalue weighted by Crippen LogP contribution is 2.20. The Morgan fingerprint density at radius 2 is 1.86 bits per heavy atom. The Labute approximate surface area is 164 Å². The van der Waals surface area contributed by atoms with Crippen molar-refractivity contribution in [1.82, 2.24) is 10.2 Å². The van der Waals surface area contributed by atoms with E-state index in [4.69, 9.17) is 0 Å². The lowest BCUT2D eigenvalue weighted by Crippen LogP contribution is -2.47. The summed E-state index contributed by atoms with van der Waals surface area (Å²) in [7, 11) is 0. The minimum atomic E-state index is -0.485. The highest BCUT2D eigenvalue weighted by molar-refractivity contribution is 5.97. The number of anilines is 1. The Kier molecular flexibility index (Phi) is 6.09. The van der Waals surface area contributed by atoms with E-state index >= 15 is 0 Å². The molecule has 2 N–H and O–H groups in total. The van der Waals surface area contributed by atoms with Gasteiger partial charge in [-0.05, 0) is 44.4 Å². The summed E-state index contributed by atoms with van der Waals surface area (Å²) in [4.78, 5) is 38.4. The summed E-state index contributed by atoms with van der Waals surface area (Å²) in [6.07, 6.45) is 1.42. The monoisotopic (exact) mass is 379 g/mol. The van der Waals surface area contributed by atoms with E-state index in [1.807, 2.05) is 31.2 Å². The molecule has 0 spiro atoms. The van der Waals surface area contributed by atoms with Gasteiger partial charge >= 0.3 is 6.03 Å². The zero-order valence-corrected chi connectivity index (χ0v) is 16.2. The smallest absolute Gasteiger partial charge is 0.322 e. The van der Waals surface area contributed by atoms with Crippen LogP contribution >= 0.6 is 0 Å². The predicted octanol–water partition coefficient (Wildman–Crippen LogP) is 3.51. The zero-order chi connectivity index (χ0) is 20.1. The van der Waals surface area contributed by atoms with Crippen molar-refractivity contribution in [2.45, 2.75) is 39.3 Å². The molecule has 0 saturated carbocycles. The summed E-state index contributed by atoms with van der Waals surface area (Å²) in [6, 6.07) is 14.0. The van der Waals surface area contributed by atoms with Crippen molar-refractivity contribution in [1.29, 1.82) is 0 Å². The van der Waals surface area contributed by atoms with Crippen molar-refractivity contribution in [3.63, 3.8) is 0 Å². The molecule has 2 aromatic carbocycles. The number of ketones is 1. The van der Waals surface area contributed by atoms with Gasteiger partial charge in [-0.15, -0.1) is 0 Å². The molecule has 2 aromatic rings. The first-order chi connectivity index (χ1) is 13.4. The average Bonchev–Trinajstić information content (AvgIpc) is 3.17. The van der Waals surface area contributed by atoms with Crippen LogP contribution in [0.1, 0.15) is 41.3 Å². The van der Waals surface area contributed by atoms with E-state index in [1.54, 1.807) is 29.2 Å². The summed E-state index contributed by atoms with van der Waals surface area (Å²) in [5.74, 6) is -0.212. The number of urea groups is 1. The maximum Gasteiger partial charge on any atom is 0.322 e. The lowest BCUT2D eigenvalue weighted by molar-refractivity contribution is -0.124. The standard InChI is InChI=1S/C22H25N3O3/c1-15-8-10-17(11-9-15)14-23-21(27)20-7-4-12-25(20)22(28)24-19-6-3-5-18(13-19)16(2)26/h3,5-6,8-11,13,20H,4,7,12,14H2,1-2H3,(H,23,27)(H,24,28)/t20-/m0/s1. The molecule has 146 valence electrons. The van der Waals surface area contributed by atoms with E-state index < -0.39 is 6.04 Å². The summed E-state index contributed by atoms with van der Waals surface area (Å²) < 4.78 is 0. The molecule has 1 aliphatic heterocycles. The van der Waals surface area contributed by atoms with E-state index in [0.717, 1.165) is 12.0 Å². The number of carbonyl (C=O) groups is 3. The second-order valence-electron chi connectivity index (χ2n) is 7.12. The number of carbonyl (C=O) groups excluding carboxylic acids is 3. The second kappa shape index (κ2) is 8.69. The molecule has 28 heavy (non-hydrogen) atoms. The van der Waals surface area contributed by atoms with E-state index in [2.05, 4.69) is 10.6 Å². The van der Waals surface area contributed by atoms with E-state index in [9.17, 15) is 14.4 Å². The number of likely N-dealkylation sites (tertiary alicyclic amines) is 1. The summed E-state index contributed by atoms with van der Waals surface area (Å²) >= 11 is 0. The number of aryl methyl sites for hydroxylation is 1. The normalized spacial score (nSPS) is 15.9. The molecule has 3 amide bonds. The Bertz CT molecular complexity index is 877. The molecule has 1 heterocycles. The number of rotatable bonds is 5. The summed E-state index contributed by atoms with van der Waals surface area (Å²) in [5.41, 5.74) is 3.27. The molecule has 1 fully saturated rings. The van der Waals surface area contributed by atoms with Crippen molar-refractivity contribution in [2.24, 2.45) is 0 Å². The number of amides is 3. The first kappa shape index (κ1) is 19.6. The Hall–Kier alpha value is -3.15. The van der Waals surface area contributed by atoms with Crippen LogP contribution in [0.15, 0.2) is 48.5 Å². The van der Waals surface area contributed by atoms with Gasteiger partial charge in [0.1, 0.15) is 6.04 Å². The first-order valence-electron chi connectivity index (χ1n) is 9.46. The molecule has 0 aromatic heterocycles. The van der Waals surface area contributed by atoms with E-state index in [1.165, 1.54) is 12.5 Å². The molecule has 1 atom stereocenters. The van der Waals surface area contributed by atoms with E-state index in [0.29, 0.717) is 30.8 Å². The number of nitrogens with zero attached hydrogens (tertiary/aromatic N) is 1. The van der Waals surface area contributed by atoms with Crippen LogP contribution in [0.5, 0.6) is 0 Å². The van der Waals surface area contributed by atoms with Crippen molar-refractivity contribution in [3.05, 3.63) is 65.2 Å². The van der Waals surface area contributed by atoms with Gasteiger partial charge in [0.25, 0.3) is 0 Å². The van der Waals surface area contributed by atoms with Gasteiger partial charge in [0.15, 0.2) is 5.78 Å². The third-order valence-electron chi connectivity index (χ3n) is 4.92. The number of nitrogens with one attached hydrogen (secondary N) is 2. The van der Waals surface area contributed by atoms with Gasteiger partial charge in [0.2, 0.25) is 5.91 Å². The third kappa shape index (κ3) is 4.76.